The van der Waals surface area contributed by atoms with Gasteiger partial charge in [0.05, 0.1) is 30.7 Å². The number of aromatic nitrogens is 2. The minimum Gasteiger partial charge on any atom is -0.379 e. The van der Waals surface area contributed by atoms with Gasteiger partial charge in [-0.2, -0.15) is 0 Å². The molecule has 2 rings (SSSR count). The van der Waals surface area contributed by atoms with Gasteiger partial charge >= 0.3 is 0 Å². The molecule has 17 heavy (non-hydrogen) atoms. The number of hydrogen-bond donors (Lipinski definition) is 1. The number of ether oxygens (including phenoxy) is 1. The standard InChI is InChI=1S/C12H18FN3O/c1-12(2,13)10-6-14-7-11(16-10)15-9-4-3-5-17-8-9/h6-7,9H,3-5,8H2,1-2H3,(H,15,16). The average molecular weight is 239 g/mol. The molecule has 1 aromatic rings. The van der Waals surface area contributed by atoms with Crippen LogP contribution in [-0.4, -0.2) is 29.2 Å². The lowest BCUT2D eigenvalue weighted by atomic mass is 10.1. The maximum atomic E-state index is 13.7. The Morgan fingerprint density at radius 3 is 2.94 bits per heavy atom. The lowest BCUT2D eigenvalue weighted by Crippen LogP contribution is -2.30. The topological polar surface area (TPSA) is 47.0 Å². The van der Waals surface area contributed by atoms with Gasteiger partial charge in [-0.15, -0.1) is 0 Å². The third-order valence-corrected chi connectivity index (χ3v) is 2.76. The molecule has 1 atom stereocenters. The molecule has 1 unspecified atom stereocenters. The lowest BCUT2D eigenvalue weighted by Gasteiger charge is -2.24. The van der Waals surface area contributed by atoms with Crippen LogP contribution in [0.4, 0.5) is 10.2 Å². The van der Waals surface area contributed by atoms with Gasteiger partial charge in [-0.3, -0.25) is 4.98 Å². The first-order valence-electron chi connectivity index (χ1n) is 5.91. The van der Waals surface area contributed by atoms with Crippen LogP contribution in [0.1, 0.15) is 32.4 Å². The first-order valence-corrected chi connectivity index (χ1v) is 5.91. The van der Waals surface area contributed by atoms with Gasteiger partial charge < -0.3 is 10.1 Å². The van der Waals surface area contributed by atoms with E-state index in [9.17, 15) is 4.39 Å². The maximum Gasteiger partial charge on any atom is 0.148 e. The van der Waals surface area contributed by atoms with Gasteiger partial charge in [-0.1, -0.05) is 0 Å². The monoisotopic (exact) mass is 239 g/mol. The van der Waals surface area contributed by atoms with Crippen LogP contribution in [0.15, 0.2) is 12.4 Å². The smallest absolute Gasteiger partial charge is 0.148 e. The predicted octanol–water partition coefficient (Wildman–Crippen LogP) is 2.27. The highest BCUT2D eigenvalue weighted by atomic mass is 19.1. The van der Waals surface area contributed by atoms with E-state index >= 15 is 0 Å². The number of nitrogens with one attached hydrogen (secondary N) is 1. The van der Waals surface area contributed by atoms with E-state index in [4.69, 9.17) is 4.74 Å². The van der Waals surface area contributed by atoms with Crippen LogP contribution in [0.25, 0.3) is 0 Å². The first-order chi connectivity index (χ1) is 8.05. The molecule has 0 radical (unpaired) electrons. The van der Waals surface area contributed by atoms with Gasteiger partial charge in [0.25, 0.3) is 0 Å². The van der Waals surface area contributed by atoms with Crippen LogP contribution in [0.2, 0.25) is 0 Å². The molecule has 0 aliphatic carbocycles. The Bertz CT molecular complexity index is 372. The van der Waals surface area contributed by atoms with Crippen molar-refractivity contribution in [1.29, 1.82) is 0 Å². The van der Waals surface area contributed by atoms with Crippen LogP contribution < -0.4 is 5.32 Å². The zero-order chi connectivity index (χ0) is 12.3. The molecule has 0 spiro atoms. The minimum absolute atomic E-state index is 0.246. The lowest BCUT2D eigenvalue weighted by molar-refractivity contribution is 0.0874. The summed E-state index contributed by atoms with van der Waals surface area (Å²) in [6.07, 6.45) is 5.16. The molecular formula is C12H18FN3O. The summed E-state index contributed by atoms with van der Waals surface area (Å²) in [5.41, 5.74) is -1.12. The Balaban J connectivity index is 2.05. The maximum absolute atomic E-state index is 13.7. The fourth-order valence-corrected chi connectivity index (χ4v) is 1.79. The minimum atomic E-state index is -1.46. The normalized spacial score (nSPS) is 21.2. The summed E-state index contributed by atoms with van der Waals surface area (Å²) in [4.78, 5) is 8.24. The molecular weight excluding hydrogens is 221 g/mol. The molecule has 0 saturated carbocycles. The Kier molecular flexibility index (Phi) is 3.57. The van der Waals surface area contributed by atoms with Gasteiger partial charge in [0, 0.05) is 6.61 Å². The number of nitrogens with zero attached hydrogens (tertiary/aromatic N) is 2. The average Bonchev–Trinajstić information content (AvgIpc) is 2.29. The SMILES string of the molecule is CC(C)(F)c1cncc(NC2CCCOC2)n1. The van der Waals surface area contributed by atoms with Crippen molar-refractivity contribution in [3.8, 4) is 0 Å². The van der Waals surface area contributed by atoms with Crippen molar-refractivity contribution in [2.75, 3.05) is 18.5 Å². The van der Waals surface area contributed by atoms with Gasteiger partial charge in [0.15, 0.2) is 0 Å². The second kappa shape index (κ2) is 4.96. The van der Waals surface area contributed by atoms with Crippen LogP contribution in [0.3, 0.4) is 0 Å². The fourth-order valence-electron chi connectivity index (χ4n) is 1.79. The van der Waals surface area contributed by atoms with Crippen LogP contribution in [0.5, 0.6) is 0 Å². The van der Waals surface area contributed by atoms with Gasteiger partial charge in [-0.05, 0) is 26.7 Å². The Morgan fingerprint density at radius 2 is 2.29 bits per heavy atom. The second-order valence-corrected chi connectivity index (χ2v) is 4.82. The van der Waals surface area contributed by atoms with E-state index in [2.05, 4.69) is 15.3 Å². The molecule has 0 aromatic carbocycles. The highest BCUT2D eigenvalue weighted by Crippen LogP contribution is 2.23. The van der Waals surface area contributed by atoms with Crippen molar-refractivity contribution in [2.24, 2.45) is 0 Å². The molecule has 94 valence electrons. The molecule has 1 aliphatic heterocycles. The van der Waals surface area contributed by atoms with Crippen molar-refractivity contribution in [3.63, 3.8) is 0 Å². The molecule has 0 bridgehead atoms. The zero-order valence-corrected chi connectivity index (χ0v) is 10.2. The van der Waals surface area contributed by atoms with Gasteiger partial charge in [0.2, 0.25) is 0 Å². The van der Waals surface area contributed by atoms with E-state index in [1.165, 1.54) is 20.0 Å². The predicted molar refractivity (Wildman–Crippen MR) is 63.6 cm³/mol. The van der Waals surface area contributed by atoms with Crippen LogP contribution in [-0.2, 0) is 10.4 Å². The number of halogens is 1. The molecule has 5 heteroatoms. The van der Waals surface area contributed by atoms with Gasteiger partial charge in [0.1, 0.15) is 11.5 Å². The second-order valence-electron chi connectivity index (χ2n) is 4.82. The van der Waals surface area contributed by atoms with Crippen molar-refractivity contribution < 1.29 is 9.13 Å². The molecule has 1 saturated heterocycles. The summed E-state index contributed by atoms with van der Waals surface area (Å²) in [5.74, 6) is 0.615. The summed E-state index contributed by atoms with van der Waals surface area (Å²) >= 11 is 0. The van der Waals surface area contributed by atoms with Gasteiger partial charge in [-0.25, -0.2) is 9.37 Å². The summed E-state index contributed by atoms with van der Waals surface area (Å²) in [6, 6.07) is 0.246. The van der Waals surface area contributed by atoms with Crippen LogP contribution >= 0.6 is 0 Å². The quantitative estimate of drug-likeness (QED) is 0.879. The summed E-state index contributed by atoms with van der Waals surface area (Å²) in [6.45, 7) is 4.45. The number of anilines is 1. The molecule has 0 amide bonds. The van der Waals surface area contributed by atoms with Crippen LogP contribution in [0, 0.1) is 0 Å². The molecule has 1 aliphatic rings. The van der Waals surface area contributed by atoms with E-state index in [-0.39, 0.29) is 6.04 Å². The van der Waals surface area contributed by atoms with Crippen molar-refractivity contribution in [3.05, 3.63) is 18.1 Å². The molecule has 1 fully saturated rings. The summed E-state index contributed by atoms with van der Waals surface area (Å²) < 4.78 is 19.1. The highest BCUT2D eigenvalue weighted by Gasteiger charge is 2.22. The van der Waals surface area contributed by atoms with Crippen molar-refractivity contribution >= 4 is 5.82 Å². The van der Waals surface area contributed by atoms with E-state index in [0.717, 1.165) is 19.4 Å². The largest absolute Gasteiger partial charge is 0.379 e. The molecule has 4 nitrogen and oxygen atoms in total. The van der Waals surface area contributed by atoms with E-state index < -0.39 is 5.67 Å². The van der Waals surface area contributed by atoms with E-state index in [1.54, 1.807) is 6.20 Å². The number of alkyl halides is 1. The zero-order valence-electron chi connectivity index (χ0n) is 10.2. The fraction of sp³-hybridized carbons (Fsp3) is 0.667. The van der Waals surface area contributed by atoms with Crippen molar-refractivity contribution in [2.45, 2.75) is 38.4 Å². The first kappa shape index (κ1) is 12.2. The Morgan fingerprint density at radius 1 is 1.47 bits per heavy atom. The third-order valence-electron chi connectivity index (χ3n) is 2.76. The summed E-state index contributed by atoms with van der Waals surface area (Å²) in [5, 5.41) is 3.23. The van der Waals surface area contributed by atoms with Crippen molar-refractivity contribution in [1.82, 2.24) is 9.97 Å². The Labute approximate surface area is 101 Å². The molecule has 2 heterocycles. The Hall–Kier alpha value is -1.23. The van der Waals surface area contributed by atoms with E-state index in [1.807, 2.05) is 0 Å². The number of hydrogen-bond acceptors (Lipinski definition) is 4. The van der Waals surface area contributed by atoms with E-state index in [0.29, 0.717) is 18.1 Å². The third kappa shape index (κ3) is 3.36. The molecule has 1 N–H and O–H groups in total. The highest BCUT2D eigenvalue weighted by molar-refractivity contribution is 5.34. The molecule has 1 aromatic heterocycles. The number of rotatable bonds is 3. The summed E-state index contributed by atoms with van der Waals surface area (Å²) in [7, 11) is 0.